The minimum atomic E-state index is -4.27. The van der Waals surface area contributed by atoms with E-state index in [1.807, 2.05) is 81.3 Å². The number of fused-ring (bicyclic) bond motifs is 3. The Labute approximate surface area is 616 Å². The molecular formula is C77H103F3N18O8. The third-order valence-electron chi connectivity index (χ3n) is 20.9. The number of aliphatic hydroxyl groups is 3. The number of alkyl halides is 3. The molecule has 0 radical (unpaired) electrons. The van der Waals surface area contributed by atoms with Gasteiger partial charge < -0.3 is 64.9 Å². The second-order valence-corrected chi connectivity index (χ2v) is 29.0. The zero-order valence-electron chi connectivity index (χ0n) is 62.0. The minimum absolute atomic E-state index is 0.0805. The molecule has 2 saturated heterocycles. The molecule has 5 fully saturated rings. The maximum atomic E-state index is 12.8. The lowest BCUT2D eigenvalue weighted by Crippen LogP contribution is -2.48. The smallest absolute Gasteiger partial charge is 0.391 e. The Balaban J connectivity index is 0.000000149. The summed E-state index contributed by atoms with van der Waals surface area (Å²) < 4.78 is 65.6. The summed E-state index contributed by atoms with van der Waals surface area (Å²) in [5.41, 5.74) is 12.1. The first-order valence-electron chi connectivity index (χ1n) is 37.6. The molecular weight excluding hydrogens is 1360 g/mol. The topological polar surface area (TPSA) is 290 Å². The summed E-state index contributed by atoms with van der Waals surface area (Å²) in [4.78, 5) is 45.3. The summed E-state index contributed by atoms with van der Waals surface area (Å²) in [6.07, 6.45) is 18.6. The van der Waals surface area contributed by atoms with Gasteiger partial charge in [-0.25, -0.2) is 43.5 Å². The lowest BCUT2D eigenvalue weighted by Gasteiger charge is -2.35. The predicted molar refractivity (Wildman–Crippen MR) is 402 cm³/mol. The summed E-state index contributed by atoms with van der Waals surface area (Å²) in [5.74, 6) is 4.69. The average molecular weight is 1470 g/mol. The van der Waals surface area contributed by atoms with E-state index in [2.05, 4.69) is 91.1 Å². The normalized spacial score (nSPS) is 21.0. The lowest BCUT2D eigenvalue weighted by molar-refractivity contribution is -0.136. The number of ether oxygens (including phenoxy) is 4. The molecule has 0 unspecified atom stereocenters. The second kappa shape index (κ2) is 35.7. The van der Waals surface area contributed by atoms with Gasteiger partial charge in [0.05, 0.1) is 79.7 Å². The summed E-state index contributed by atoms with van der Waals surface area (Å²) in [5, 5.41) is 53.9. The van der Waals surface area contributed by atoms with Gasteiger partial charge in [-0.2, -0.15) is 13.2 Å². The van der Waals surface area contributed by atoms with Crippen LogP contribution in [0, 0.1) is 0 Å². The fourth-order valence-corrected chi connectivity index (χ4v) is 15.3. The Morgan fingerprint density at radius 3 is 1.26 bits per heavy atom. The van der Waals surface area contributed by atoms with Crippen molar-refractivity contribution in [1.29, 1.82) is 0 Å². The van der Waals surface area contributed by atoms with Crippen molar-refractivity contribution in [1.82, 2.24) is 63.6 Å². The Kier molecular flexibility index (Phi) is 25.8. The van der Waals surface area contributed by atoms with Crippen molar-refractivity contribution in [3.05, 3.63) is 109 Å². The van der Waals surface area contributed by atoms with Gasteiger partial charge in [-0.3, -0.25) is 4.79 Å². The average Bonchev–Trinajstić information content (AvgIpc) is 1.63. The number of hydrogen-bond donors (Lipinski definition) is 6. The molecule has 9 aromatic heterocycles. The molecule has 0 aromatic carbocycles. The number of methoxy groups -OCH3 is 3. The maximum absolute atomic E-state index is 12.8. The number of amides is 1. The van der Waals surface area contributed by atoms with Crippen molar-refractivity contribution >= 4 is 51.9 Å². The minimum Gasteiger partial charge on any atom is -0.475 e. The van der Waals surface area contributed by atoms with Crippen LogP contribution in [0.1, 0.15) is 165 Å². The number of nitrogens with zero attached hydrogens (tertiary/aromatic N) is 15. The van der Waals surface area contributed by atoms with E-state index in [0.717, 1.165) is 195 Å². The highest BCUT2D eigenvalue weighted by atomic mass is 19.4. The number of aromatic nitrogens is 12. The second-order valence-electron chi connectivity index (χ2n) is 29.0. The van der Waals surface area contributed by atoms with E-state index in [1.165, 1.54) is 13.3 Å². The molecule has 11 heterocycles. The zero-order valence-corrected chi connectivity index (χ0v) is 62.0. The first-order chi connectivity index (χ1) is 51.3. The number of hydrogen-bond acceptors (Lipinski definition) is 22. The third-order valence-corrected chi connectivity index (χ3v) is 20.9. The molecule has 0 spiro atoms. The van der Waals surface area contributed by atoms with Gasteiger partial charge >= 0.3 is 6.18 Å². The Morgan fingerprint density at radius 1 is 0.491 bits per heavy atom. The Hall–Kier alpha value is -8.87. The molecule has 14 rings (SSSR count). The Morgan fingerprint density at radius 2 is 0.877 bits per heavy atom. The van der Waals surface area contributed by atoms with E-state index in [1.54, 1.807) is 40.6 Å². The van der Waals surface area contributed by atoms with Gasteiger partial charge in [-0.15, -0.1) is 15.3 Å². The van der Waals surface area contributed by atoms with Gasteiger partial charge in [0.2, 0.25) is 29.6 Å². The van der Waals surface area contributed by atoms with Crippen LogP contribution in [-0.2, 0) is 19.0 Å². The fourth-order valence-electron chi connectivity index (χ4n) is 15.3. The molecule has 3 aliphatic carbocycles. The van der Waals surface area contributed by atoms with Crippen molar-refractivity contribution in [3.8, 4) is 39.3 Å². The van der Waals surface area contributed by atoms with E-state index in [0.29, 0.717) is 69.1 Å². The number of carbonyl (C=O) groups excluding carboxylic acids is 1. The van der Waals surface area contributed by atoms with E-state index in [9.17, 15) is 33.3 Å². The number of aliphatic hydroxyl groups excluding tert-OH is 3. The van der Waals surface area contributed by atoms with Gasteiger partial charge in [0.1, 0.15) is 18.2 Å². The van der Waals surface area contributed by atoms with E-state index >= 15 is 0 Å². The number of halogens is 3. The number of nitrogens with one attached hydrogen (secondary N) is 3. The van der Waals surface area contributed by atoms with E-state index in [4.69, 9.17) is 29.1 Å². The standard InChI is InChI=1S/C27H37N7O3.C26H33F3N6O.C24H33N5O4/c1-18(17-37-3)30-27-29-16-25-23(15-24(34(25)31-27)20-4-6-22(36)7-5-20)21-8-9-28-26(14-21)33-12-10-32(11-13-33)19(2)35;1-17(15-26(27,28)29)32-25-31-16-23-21(14-22(35(23)33-25)18-5-7-20(36)8-6-18)19-9-10-30-24(13-19)34-11-3-2-4-12-34;1-16(15-32-3)27-24-26-14-22-20(18-8-9-25-23(12-18)33-11-10-31-2)13-21(29(22)28-24)17-4-6-19(30)7-5-17/h8-9,14-16,18,20,22,36H,4-7,10-13,17H2,1-3H3,(H,30,31);9-10,13-14,16-18,20,36H,2-8,11-12,15H2,1H3,(H,32,33);8-9,12-14,16-17,19,30H,4-7,10-11,15H2,1-3H3,(H,27,28)/t18-,20?,22?;17-,18?,20?;16-,17?,19?/m000/s1. The van der Waals surface area contributed by atoms with Crippen molar-refractivity contribution < 1.29 is 52.2 Å². The summed E-state index contributed by atoms with van der Waals surface area (Å²) in [7, 11) is 5.01. The highest BCUT2D eigenvalue weighted by molar-refractivity contribution is 5.85. The van der Waals surface area contributed by atoms with Crippen molar-refractivity contribution in [2.75, 3.05) is 113 Å². The van der Waals surface area contributed by atoms with Crippen LogP contribution in [0.15, 0.2) is 91.8 Å². The van der Waals surface area contributed by atoms with Crippen molar-refractivity contribution in [2.45, 2.75) is 191 Å². The molecule has 29 heteroatoms. The molecule has 3 saturated carbocycles. The molecule has 3 atom stereocenters. The summed E-state index contributed by atoms with van der Waals surface area (Å²) in [6.45, 7) is 14.2. The Bertz CT molecular complexity index is 4330. The van der Waals surface area contributed by atoms with Gasteiger partial charge in [0.25, 0.3) is 0 Å². The van der Waals surface area contributed by atoms with Crippen LogP contribution in [0.2, 0.25) is 0 Å². The number of piperidine rings is 1. The van der Waals surface area contributed by atoms with Gasteiger partial charge in [-0.05, 0) is 182 Å². The maximum Gasteiger partial charge on any atom is 0.391 e. The highest BCUT2D eigenvalue weighted by Gasteiger charge is 2.33. The van der Waals surface area contributed by atoms with E-state index < -0.39 is 18.6 Å². The molecule has 1 amide bonds. The van der Waals surface area contributed by atoms with Crippen LogP contribution in [0.25, 0.3) is 49.9 Å². The summed E-state index contributed by atoms with van der Waals surface area (Å²) in [6, 6.07) is 18.0. The fraction of sp³-hybridized carbons (Fsp3) is 0.558. The molecule has 570 valence electrons. The number of rotatable bonds is 23. The van der Waals surface area contributed by atoms with Crippen LogP contribution in [0.3, 0.4) is 0 Å². The monoisotopic (exact) mass is 1460 g/mol. The molecule has 5 aliphatic rings. The van der Waals surface area contributed by atoms with Crippen LogP contribution >= 0.6 is 0 Å². The van der Waals surface area contributed by atoms with Gasteiger partial charge in [0.15, 0.2) is 0 Å². The third kappa shape index (κ3) is 19.5. The molecule has 9 aromatic rings. The molecule has 106 heavy (non-hydrogen) atoms. The van der Waals surface area contributed by atoms with E-state index in [-0.39, 0.29) is 48.2 Å². The zero-order chi connectivity index (χ0) is 74.4. The SMILES string of the molecule is COCCOc1cc(-c2cc(C3CCC(O)CC3)n3nc(N[C@@H](C)COC)ncc23)ccn1.COC[C@H](C)Nc1ncc2c(-c3ccnc(N4CCN(C(C)=O)CC4)c3)cc(C3CCC(O)CC3)n2n1.C[C@@H](CC(F)(F)F)Nc1ncc2c(-c3ccnc(N4CCCCC4)c3)cc(C3CCC(O)CC3)n2n1. The highest BCUT2D eigenvalue weighted by Crippen LogP contribution is 2.42. The molecule has 26 nitrogen and oxygen atoms in total. The lowest BCUT2D eigenvalue weighted by atomic mass is 9.85. The number of pyridine rings is 3. The van der Waals surface area contributed by atoms with Crippen molar-refractivity contribution in [2.24, 2.45) is 0 Å². The number of piperazine rings is 1. The number of carbonyl (C=O) groups is 1. The first-order valence-corrected chi connectivity index (χ1v) is 37.6. The van der Waals surface area contributed by atoms with Crippen LogP contribution in [0.5, 0.6) is 5.88 Å². The largest absolute Gasteiger partial charge is 0.475 e. The summed E-state index contributed by atoms with van der Waals surface area (Å²) >= 11 is 0. The van der Waals surface area contributed by atoms with Crippen LogP contribution in [0.4, 0.5) is 42.7 Å². The number of anilines is 5. The van der Waals surface area contributed by atoms with Gasteiger partial charge in [-0.1, -0.05) is 0 Å². The quantitative estimate of drug-likeness (QED) is 0.0324. The van der Waals surface area contributed by atoms with Crippen LogP contribution in [-0.4, -0.2) is 215 Å². The predicted octanol–water partition coefficient (Wildman–Crippen LogP) is 11.8. The first kappa shape index (κ1) is 76.8. The molecule has 0 bridgehead atoms. The molecule has 2 aliphatic heterocycles. The van der Waals surface area contributed by atoms with Gasteiger partial charge in [0, 0.05) is 162 Å². The van der Waals surface area contributed by atoms with Crippen molar-refractivity contribution in [3.63, 3.8) is 0 Å². The van der Waals surface area contributed by atoms with Crippen LogP contribution < -0.4 is 30.5 Å². The molecule has 6 N–H and O–H groups in total.